The van der Waals surface area contributed by atoms with Crippen molar-refractivity contribution in [2.45, 2.75) is 68.8 Å². The van der Waals surface area contributed by atoms with Crippen LogP contribution >= 0.6 is 0 Å². The van der Waals surface area contributed by atoms with Crippen molar-refractivity contribution in [1.82, 2.24) is 10.2 Å². The second-order valence-electron chi connectivity index (χ2n) is 9.48. The number of nitrogens with one attached hydrogen (secondary N) is 1. The van der Waals surface area contributed by atoms with Crippen LogP contribution in [0, 0.1) is 0 Å². The van der Waals surface area contributed by atoms with Gasteiger partial charge in [0.15, 0.2) is 0 Å². The van der Waals surface area contributed by atoms with E-state index < -0.39 is 12.1 Å². The van der Waals surface area contributed by atoms with Crippen LogP contribution in [-0.4, -0.2) is 52.8 Å². The van der Waals surface area contributed by atoms with E-state index in [1.807, 2.05) is 18.4 Å². The fourth-order valence-corrected chi connectivity index (χ4v) is 4.73. The summed E-state index contributed by atoms with van der Waals surface area (Å²) < 4.78 is 43.5. The summed E-state index contributed by atoms with van der Waals surface area (Å²) in [6.07, 6.45) is 4.24. The lowest BCUT2D eigenvalue weighted by atomic mass is 9.76. The Hall–Kier alpha value is -3.01. The van der Waals surface area contributed by atoms with E-state index in [0.29, 0.717) is 12.5 Å². The van der Waals surface area contributed by atoms with E-state index in [2.05, 4.69) is 28.4 Å². The molecule has 2 N–H and O–H groups in total. The molecule has 35 heavy (non-hydrogen) atoms. The topological polar surface area (TPSA) is 92.0 Å². The SMILES string of the molecule is O=C(CC1CC2(CCN(Cc3ccoc3)CC2)Oc2ccccc21)NC1CC1.O=C(O)C(F)(F)F. The summed E-state index contributed by atoms with van der Waals surface area (Å²) in [5, 5.41) is 10.3. The largest absolute Gasteiger partial charge is 0.490 e. The number of piperidine rings is 1. The first-order chi connectivity index (χ1) is 16.6. The number of carbonyl (C=O) groups excluding carboxylic acids is 1. The summed E-state index contributed by atoms with van der Waals surface area (Å²) in [7, 11) is 0. The van der Waals surface area contributed by atoms with Gasteiger partial charge in [0, 0.05) is 43.6 Å². The van der Waals surface area contributed by atoms with Crippen LogP contribution in [0.3, 0.4) is 0 Å². The molecule has 190 valence electrons. The van der Waals surface area contributed by atoms with Gasteiger partial charge in [-0.15, -0.1) is 0 Å². The molecule has 10 heteroatoms. The molecule has 1 saturated heterocycles. The molecule has 1 atom stereocenters. The lowest BCUT2D eigenvalue weighted by Gasteiger charge is -2.47. The van der Waals surface area contributed by atoms with E-state index >= 15 is 0 Å². The molecule has 1 amide bonds. The standard InChI is InChI=1S/C23H28N2O3.C2HF3O2/c26-22(24-19-5-6-19)13-18-14-23(28-21-4-2-1-3-20(18)21)8-10-25(11-9-23)15-17-7-12-27-16-17;3-2(4,5)1(6)7/h1-4,7,12,16,18-19H,5-6,8-11,13-15H2,(H,24,26);(H,6,7). The van der Waals surface area contributed by atoms with Crippen LogP contribution in [0.4, 0.5) is 13.2 Å². The minimum absolute atomic E-state index is 0.147. The second-order valence-corrected chi connectivity index (χ2v) is 9.48. The van der Waals surface area contributed by atoms with Gasteiger partial charge in [0.2, 0.25) is 5.91 Å². The number of carboxylic acids is 1. The fraction of sp³-hybridized carbons (Fsp3) is 0.520. The van der Waals surface area contributed by atoms with Crippen molar-refractivity contribution >= 4 is 11.9 Å². The summed E-state index contributed by atoms with van der Waals surface area (Å²) in [6, 6.07) is 10.7. The summed E-state index contributed by atoms with van der Waals surface area (Å²) in [5.41, 5.74) is 2.27. The van der Waals surface area contributed by atoms with E-state index in [1.54, 1.807) is 6.26 Å². The third-order valence-electron chi connectivity index (χ3n) is 6.67. The molecule has 0 bridgehead atoms. The Kier molecular flexibility index (Phi) is 7.39. The second kappa shape index (κ2) is 10.3. The fourth-order valence-electron chi connectivity index (χ4n) is 4.73. The third-order valence-corrected chi connectivity index (χ3v) is 6.67. The van der Waals surface area contributed by atoms with Crippen LogP contribution in [0.2, 0.25) is 0 Å². The highest BCUT2D eigenvalue weighted by atomic mass is 19.4. The van der Waals surface area contributed by atoms with Crippen molar-refractivity contribution in [1.29, 1.82) is 0 Å². The smallest absolute Gasteiger partial charge is 0.487 e. The summed E-state index contributed by atoms with van der Waals surface area (Å²) in [5.74, 6) is -1.35. The van der Waals surface area contributed by atoms with Gasteiger partial charge in [-0.25, -0.2) is 4.79 Å². The lowest BCUT2D eigenvalue weighted by molar-refractivity contribution is -0.192. The molecule has 5 rings (SSSR count). The molecule has 2 aliphatic heterocycles. The number of nitrogens with zero attached hydrogens (tertiary/aromatic N) is 1. The zero-order chi connectivity index (χ0) is 25.1. The number of furan rings is 1. The number of halogens is 3. The minimum atomic E-state index is -5.08. The van der Waals surface area contributed by atoms with Crippen molar-refractivity contribution in [3.8, 4) is 5.75 Å². The Bertz CT molecular complexity index is 1010. The Morgan fingerprint density at radius 1 is 1.14 bits per heavy atom. The first kappa shape index (κ1) is 25.1. The predicted molar refractivity (Wildman–Crippen MR) is 120 cm³/mol. The van der Waals surface area contributed by atoms with Gasteiger partial charge in [-0.3, -0.25) is 9.69 Å². The van der Waals surface area contributed by atoms with Crippen LogP contribution in [-0.2, 0) is 16.1 Å². The molecule has 1 saturated carbocycles. The van der Waals surface area contributed by atoms with Gasteiger partial charge in [-0.1, -0.05) is 18.2 Å². The maximum atomic E-state index is 12.5. The van der Waals surface area contributed by atoms with Gasteiger partial charge in [-0.2, -0.15) is 13.2 Å². The van der Waals surface area contributed by atoms with Crippen LogP contribution in [0.15, 0.2) is 47.3 Å². The van der Waals surface area contributed by atoms with Crippen molar-refractivity contribution < 1.29 is 37.0 Å². The zero-order valence-corrected chi connectivity index (χ0v) is 19.2. The third kappa shape index (κ3) is 6.78. The highest BCUT2D eigenvalue weighted by Gasteiger charge is 2.44. The average molecular weight is 495 g/mol. The molecule has 0 radical (unpaired) electrons. The molecule has 3 aliphatic rings. The van der Waals surface area contributed by atoms with Gasteiger partial charge in [0.1, 0.15) is 11.4 Å². The molecule has 1 spiro atoms. The predicted octanol–water partition coefficient (Wildman–Crippen LogP) is 4.48. The number of fused-ring (bicyclic) bond motifs is 1. The van der Waals surface area contributed by atoms with Crippen LogP contribution in [0.25, 0.3) is 0 Å². The number of rotatable bonds is 5. The molecule has 1 unspecified atom stereocenters. The molecule has 3 heterocycles. The van der Waals surface area contributed by atoms with Crippen LogP contribution in [0.5, 0.6) is 5.75 Å². The summed E-state index contributed by atoms with van der Waals surface area (Å²) in [6.45, 7) is 2.94. The van der Waals surface area contributed by atoms with Crippen molar-refractivity contribution in [2.24, 2.45) is 0 Å². The molecule has 2 fully saturated rings. The van der Waals surface area contributed by atoms with E-state index in [-0.39, 0.29) is 17.4 Å². The Morgan fingerprint density at radius 3 is 2.43 bits per heavy atom. The number of ether oxygens (including phenoxy) is 1. The quantitative estimate of drug-likeness (QED) is 0.637. The van der Waals surface area contributed by atoms with Crippen molar-refractivity contribution in [3.05, 3.63) is 54.0 Å². The number of likely N-dealkylation sites (tertiary alicyclic amines) is 1. The molecule has 1 aliphatic carbocycles. The van der Waals surface area contributed by atoms with Crippen LogP contribution in [0.1, 0.15) is 55.6 Å². The van der Waals surface area contributed by atoms with E-state index in [0.717, 1.165) is 57.5 Å². The molecule has 1 aromatic heterocycles. The number of hydrogen-bond acceptors (Lipinski definition) is 5. The maximum absolute atomic E-state index is 12.5. The monoisotopic (exact) mass is 494 g/mol. The number of aliphatic carboxylic acids is 1. The zero-order valence-electron chi connectivity index (χ0n) is 19.2. The number of alkyl halides is 3. The van der Waals surface area contributed by atoms with E-state index in [9.17, 15) is 18.0 Å². The molecule has 1 aromatic carbocycles. The van der Waals surface area contributed by atoms with Crippen molar-refractivity contribution in [3.63, 3.8) is 0 Å². The summed E-state index contributed by atoms with van der Waals surface area (Å²) in [4.78, 5) is 23.9. The molecule has 2 aromatic rings. The van der Waals surface area contributed by atoms with E-state index in [1.165, 1.54) is 11.1 Å². The highest BCUT2D eigenvalue weighted by Crippen LogP contribution is 2.46. The molecular weight excluding hydrogens is 465 g/mol. The van der Waals surface area contributed by atoms with Crippen molar-refractivity contribution in [2.75, 3.05) is 13.1 Å². The van der Waals surface area contributed by atoms with Crippen LogP contribution < -0.4 is 10.1 Å². The number of amides is 1. The number of para-hydroxylation sites is 1. The first-order valence-corrected chi connectivity index (χ1v) is 11.7. The van der Waals surface area contributed by atoms with Gasteiger partial charge >= 0.3 is 12.1 Å². The molecule has 7 nitrogen and oxygen atoms in total. The van der Waals surface area contributed by atoms with Gasteiger partial charge in [-0.05, 0) is 49.8 Å². The number of carboxylic acid groups (broad SMARTS) is 1. The Labute approximate surface area is 201 Å². The highest BCUT2D eigenvalue weighted by molar-refractivity contribution is 5.77. The number of carbonyl (C=O) groups is 2. The Morgan fingerprint density at radius 2 is 1.83 bits per heavy atom. The Balaban J connectivity index is 0.000000364. The number of benzene rings is 1. The van der Waals surface area contributed by atoms with Gasteiger partial charge < -0.3 is 19.6 Å². The van der Waals surface area contributed by atoms with E-state index in [4.69, 9.17) is 19.1 Å². The average Bonchev–Trinajstić information content (AvgIpc) is 3.46. The van der Waals surface area contributed by atoms with Gasteiger partial charge in [0.05, 0.1) is 12.5 Å². The number of hydrogen-bond donors (Lipinski definition) is 2. The summed E-state index contributed by atoms with van der Waals surface area (Å²) >= 11 is 0. The lowest BCUT2D eigenvalue weighted by Crippen LogP contribution is -2.50. The first-order valence-electron chi connectivity index (χ1n) is 11.7. The molecular formula is C25H29F3N2O5. The minimum Gasteiger partial charge on any atom is -0.487 e. The van der Waals surface area contributed by atoms with Gasteiger partial charge in [0.25, 0.3) is 0 Å². The maximum Gasteiger partial charge on any atom is 0.490 e. The normalized spacial score (nSPS) is 21.3.